The van der Waals surface area contributed by atoms with E-state index in [-0.39, 0.29) is 5.41 Å². The molecular weight excluding hydrogens is 268 g/mol. The Morgan fingerprint density at radius 2 is 1.95 bits per heavy atom. The molecule has 1 fully saturated rings. The van der Waals surface area contributed by atoms with Crippen molar-refractivity contribution in [3.63, 3.8) is 0 Å². The number of hydrogen-bond donors (Lipinski definition) is 0. The monoisotopic (exact) mass is 288 g/mol. The third-order valence-electron chi connectivity index (χ3n) is 3.99. The Kier molecular flexibility index (Phi) is 3.29. The third kappa shape index (κ3) is 2.22. The highest BCUT2D eigenvalue weighted by Crippen LogP contribution is 2.36. The van der Waals surface area contributed by atoms with E-state index in [4.69, 9.17) is 5.10 Å². The Morgan fingerprint density at radius 1 is 1.25 bits per heavy atom. The Morgan fingerprint density at radius 3 is 2.55 bits per heavy atom. The predicted molar refractivity (Wildman–Crippen MR) is 80.1 cm³/mol. The lowest BCUT2D eigenvalue weighted by Gasteiger charge is -2.18. The summed E-state index contributed by atoms with van der Waals surface area (Å²) in [5.41, 5.74) is 1.34. The van der Waals surface area contributed by atoms with E-state index in [2.05, 4.69) is 31.8 Å². The number of fused-ring (bicyclic) bond motifs is 1. The molecule has 5 heteroatoms. The summed E-state index contributed by atoms with van der Waals surface area (Å²) in [6.07, 6.45) is 6.39. The van der Waals surface area contributed by atoms with Gasteiger partial charge in [-0.05, 0) is 12.8 Å². The summed E-state index contributed by atoms with van der Waals surface area (Å²) in [4.78, 5) is 5.53. The lowest BCUT2D eigenvalue weighted by Crippen LogP contribution is -2.14. The van der Waals surface area contributed by atoms with Crippen molar-refractivity contribution >= 4 is 16.3 Å². The molecule has 1 saturated carbocycles. The van der Waals surface area contributed by atoms with Crippen LogP contribution in [0.25, 0.3) is 4.96 Å². The zero-order valence-corrected chi connectivity index (χ0v) is 13.1. The van der Waals surface area contributed by atoms with E-state index in [1.165, 1.54) is 32.1 Å². The summed E-state index contributed by atoms with van der Waals surface area (Å²) in [6.45, 7) is 6.26. The minimum Gasteiger partial charge on any atom is -0.221 e. The van der Waals surface area contributed by atoms with Crippen molar-refractivity contribution in [3.8, 4) is 6.07 Å². The highest BCUT2D eigenvalue weighted by molar-refractivity contribution is 7.16. The van der Waals surface area contributed by atoms with Crippen molar-refractivity contribution in [3.05, 3.63) is 16.4 Å². The Balaban J connectivity index is 2.05. The second-order valence-electron chi connectivity index (χ2n) is 6.64. The molecule has 0 aliphatic heterocycles. The van der Waals surface area contributed by atoms with Crippen molar-refractivity contribution in [2.24, 2.45) is 0 Å². The largest absolute Gasteiger partial charge is 0.221 e. The lowest BCUT2D eigenvalue weighted by molar-refractivity contribution is 0.439. The van der Waals surface area contributed by atoms with E-state index in [0.29, 0.717) is 11.6 Å². The highest BCUT2D eigenvalue weighted by atomic mass is 32.1. The van der Waals surface area contributed by atoms with Crippen molar-refractivity contribution in [2.75, 3.05) is 0 Å². The summed E-state index contributed by atoms with van der Waals surface area (Å²) in [5, 5.41) is 15.3. The first-order valence-corrected chi connectivity index (χ1v) is 8.12. The van der Waals surface area contributed by atoms with E-state index in [1.807, 2.05) is 0 Å². The van der Waals surface area contributed by atoms with Crippen molar-refractivity contribution in [1.29, 1.82) is 5.26 Å². The molecule has 0 spiro atoms. The topological polar surface area (TPSA) is 54.0 Å². The molecule has 0 atom stereocenters. The van der Waals surface area contributed by atoms with Gasteiger partial charge in [-0.15, -0.1) is 0 Å². The molecule has 2 heterocycles. The maximum Gasteiger partial charge on any atom is 0.213 e. The van der Waals surface area contributed by atoms with Gasteiger partial charge in [0.1, 0.15) is 11.1 Å². The Bertz CT molecular complexity index is 662. The second-order valence-corrected chi connectivity index (χ2v) is 7.63. The molecule has 0 amide bonds. The van der Waals surface area contributed by atoms with Crippen LogP contribution in [-0.2, 0) is 5.41 Å². The molecule has 0 saturated heterocycles. The smallest absolute Gasteiger partial charge is 0.213 e. The average Bonchev–Trinajstić information content (AvgIpc) is 2.95. The van der Waals surface area contributed by atoms with Gasteiger partial charge in [-0.1, -0.05) is 51.4 Å². The molecule has 0 radical (unpaired) electrons. The van der Waals surface area contributed by atoms with Gasteiger partial charge in [0.15, 0.2) is 5.69 Å². The van der Waals surface area contributed by atoms with E-state index in [9.17, 15) is 5.26 Å². The minimum atomic E-state index is -0.122. The molecule has 2 aromatic rings. The number of aromatic nitrogens is 3. The third-order valence-corrected chi connectivity index (χ3v) is 5.06. The molecule has 2 aromatic heterocycles. The summed E-state index contributed by atoms with van der Waals surface area (Å²) in [6, 6.07) is 2.29. The van der Waals surface area contributed by atoms with Crippen LogP contribution in [0.1, 0.15) is 75.2 Å². The molecule has 1 aliphatic rings. The number of nitriles is 1. The van der Waals surface area contributed by atoms with Crippen molar-refractivity contribution in [1.82, 2.24) is 14.6 Å². The highest BCUT2D eigenvalue weighted by Gasteiger charge is 2.27. The molecule has 4 nitrogen and oxygen atoms in total. The molecule has 0 aromatic carbocycles. The minimum absolute atomic E-state index is 0.122. The van der Waals surface area contributed by atoms with Gasteiger partial charge in [0.2, 0.25) is 4.96 Å². The van der Waals surface area contributed by atoms with Crippen LogP contribution in [0.2, 0.25) is 0 Å². The summed E-state index contributed by atoms with van der Waals surface area (Å²) < 4.78 is 1.76. The molecule has 0 N–H and O–H groups in total. The zero-order chi connectivity index (χ0) is 14.3. The molecule has 0 bridgehead atoms. The van der Waals surface area contributed by atoms with Gasteiger partial charge in [-0.3, -0.25) is 0 Å². The van der Waals surface area contributed by atoms with E-state index < -0.39 is 0 Å². The van der Waals surface area contributed by atoms with E-state index >= 15 is 0 Å². The summed E-state index contributed by atoms with van der Waals surface area (Å²) >= 11 is 1.66. The Labute approximate surface area is 123 Å². The van der Waals surface area contributed by atoms with Gasteiger partial charge in [0, 0.05) is 11.3 Å². The molecule has 3 rings (SSSR count). The maximum atomic E-state index is 9.44. The van der Waals surface area contributed by atoms with Gasteiger partial charge >= 0.3 is 0 Å². The van der Waals surface area contributed by atoms with Crippen LogP contribution in [0, 0.1) is 11.3 Å². The van der Waals surface area contributed by atoms with Gasteiger partial charge in [0.05, 0.1) is 5.69 Å². The van der Waals surface area contributed by atoms with Crippen LogP contribution in [-0.4, -0.2) is 14.6 Å². The van der Waals surface area contributed by atoms with Crippen LogP contribution in [0.3, 0.4) is 0 Å². The average molecular weight is 288 g/mol. The quantitative estimate of drug-likeness (QED) is 0.796. The van der Waals surface area contributed by atoms with Gasteiger partial charge in [0.25, 0.3) is 0 Å². The van der Waals surface area contributed by atoms with Gasteiger partial charge in [-0.2, -0.15) is 14.9 Å². The van der Waals surface area contributed by atoms with Crippen molar-refractivity contribution in [2.45, 2.75) is 64.2 Å². The number of imidazole rings is 1. The summed E-state index contributed by atoms with van der Waals surface area (Å²) in [7, 11) is 0. The fourth-order valence-corrected chi connectivity index (χ4v) is 3.97. The predicted octanol–water partition coefficient (Wildman–Crippen LogP) is 4.01. The zero-order valence-electron chi connectivity index (χ0n) is 12.3. The first-order chi connectivity index (χ1) is 9.50. The summed E-state index contributed by atoms with van der Waals surface area (Å²) in [5.74, 6) is 0.570. The van der Waals surface area contributed by atoms with Gasteiger partial charge in [-0.25, -0.2) is 4.98 Å². The van der Waals surface area contributed by atoms with E-state index in [1.54, 1.807) is 15.9 Å². The number of hydrogen-bond acceptors (Lipinski definition) is 4. The number of rotatable bonds is 1. The van der Waals surface area contributed by atoms with Gasteiger partial charge < -0.3 is 0 Å². The molecule has 1 aliphatic carbocycles. The lowest BCUT2D eigenvalue weighted by atomic mass is 9.90. The van der Waals surface area contributed by atoms with Crippen LogP contribution in [0.15, 0.2) is 0 Å². The van der Waals surface area contributed by atoms with Crippen LogP contribution < -0.4 is 0 Å². The first kappa shape index (κ1) is 13.6. The fraction of sp³-hybridized carbons (Fsp3) is 0.667. The maximum absolute atomic E-state index is 9.44. The molecule has 106 valence electrons. The normalized spacial score (nSPS) is 17.5. The van der Waals surface area contributed by atoms with Crippen LogP contribution in [0.5, 0.6) is 0 Å². The van der Waals surface area contributed by atoms with Crippen LogP contribution in [0.4, 0.5) is 0 Å². The first-order valence-electron chi connectivity index (χ1n) is 7.31. The number of nitrogens with zero attached hydrogens (tertiary/aromatic N) is 4. The molecule has 20 heavy (non-hydrogen) atoms. The van der Waals surface area contributed by atoms with E-state index in [0.717, 1.165) is 15.7 Å². The Hall–Kier alpha value is -1.41. The second kappa shape index (κ2) is 4.85. The SMILES string of the molecule is CC(C)(C)c1nc2sc(C3CCCCC3)nn2c1C#N. The molecular formula is C15H20N4S. The van der Waals surface area contributed by atoms with Crippen LogP contribution >= 0.6 is 11.3 Å². The fourth-order valence-electron chi connectivity index (χ4n) is 2.90. The standard InChI is InChI=1S/C15H20N4S/c1-15(2,3)12-11(9-16)19-14(17-12)20-13(18-19)10-7-5-4-6-8-10/h10H,4-8H2,1-3H3. The molecule has 0 unspecified atom stereocenters. The van der Waals surface area contributed by atoms with Crippen molar-refractivity contribution < 1.29 is 0 Å².